The third-order valence-electron chi connectivity index (χ3n) is 9.95. The number of rotatable bonds is 1. The lowest BCUT2D eigenvalue weighted by atomic mass is 9.42. The van der Waals surface area contributed by atoms with E-state index in [1.165, 1.54) is 6.07 Å². The zero-order valence-electron chi connectivity index (χ0n) is 17.5. The zero-order valence-corrected chi connectivity index (χ0v) is 17.5. The first-order valence-electron chi connectivity index (χ1n) is 11.4. The molecule has 4 aliphatic carbocycles. The van der Waals surface area contributed by atoms with E-state index in [1.807, 2.05) is 6.07 Å². The maximum absolute atomic E-state index is 12.2. The van der Waals surface area contributed by atoms with Crippen molar-refractivity contribution in [1.82, 2.24) is 0 Å². The van der Waals surface area contributed by atoms with Gasteiger partial charge in [-0.3, -0.25) is 0 Å². The van der Waals surface area contributed by atoms with Gasteiger partial charge in [-0.2, -0.15) is 0 Å². The Labute approximate surface area is 172 Å². The SMILES string of the molecule is C[C@]12CC[C@@H](O)C[C@H]1C[C@H](O)C1[C@@H]2CC[C@]2(C)[C@@H](c3ccc(=O)oc3)CC[C@]12O. The maximum atomic E-state index is 12.2. The molecule has 0 spiro atoms. The van der Waals surface area contributed by atoms with Gasteiger partial charge in [-0.1, -0.05) is 13.8 Å². The summed E-state index contributed by atoms with van der Waals surface area (Å²) < 4.78 is 5.14. The minimum atomic E-state index is -0.916. The molecule has 5 nitrogen and oxygen atoms in total. The second-order valence-electron chi connectivity index (χ2n) is 10.9. The molecule has 5 rings (SSSR count). The normalized spacial score (nSPS) is 51.8. The van der Waals surface area contributed by atoms with Gasteiger partial charge in [-0.25, -0.2) is 4.79 Å². The molecule has 0 radical (unpaired) electrons. The second kappa shape index (κ2) is 6.41. The van der Waals surface area contributed by atoms with Crippen LogP contribution in [-0.2, 0) is 0 Å². The van der Waals surface area contributed by atoms with Gasteiger partial charge in [0, 0.05) is 17.4 Å². The molecule has 4 fully saturated rings. The fourth-order valence-electron chi connectivity index (χ4n) is 8.29. The Morgan fingerprint density at radius 2 is 1.83 bits per heavy atom. The molecule has 5 heteroatoms. The molecule has 0 aliphatic heterocycles. The summed E-state index contributed by atoms with van der Waals surface area (Å²) in [5.74, 6) is 0.618. The lowest BCUT2D eigenvalue weighted by molar-refractivity contribution is -0.238. The number of hydrogen-bond donors (Lipinski definition) is 3. The lowest BCUT2D eigenvalue weighted by Gasteiger charge is -2.64. The van der Waals surface area contributed by atoms with Crippen LogP contribution in [0.5, 0.6) is 0 Å². The van der Waals surface area contributed by atoms with E-state index in [0.29, 0.717) is 18.8 Å². The maximum Gasteiger partial charge on any atom is 0.335 e. The highest BCUT2D eigenvalue weighted by molar-refractivity contribution is 5.27. The van der Waals surface area contributed by atoms with Crippen molar-refractivity contribution in [3.05, 3.63) is 34.4 Å². The van der Waals surface area contributed by atoms with E-state index in [9.17, 15) is 20.1 Å². The third kappa shape index (κ3) is 2.60. The van der Waals surface area contributed by atoms with E-state index >= 15 is 0 Å². The molecular weight excluding hydrogens is 368 g/mol. The van der Waals surface area contributed by atoms with Gasteiger partial charge in [0.1, 0.15) is 0 Å². The van der Waals surface area contributed by atoms with E-state index in [0.717, 1.165) is 44.1 Å². The summed E-state index contributed by atoms with van der Waals surface area (Å²) in [5.41, 5.74) is -0.543. The van der Waals surface area contributed by atoms with Crippen LogP contribution in [0.15, 0.2) is 27.6 Å². The van der Waals surface area contributed by atoms with Crippen molar-refractivity contribution < 1.29 is 19.7 Å². The smallest absolute Gasteiger partial charge is 0.335 e. The minimum Gasteiger partial charge on any atom is -0.431 e. The van der Waals surface area contributed by atoms with Crippen molar-refractivity contribution >= 4 is 0 Å². The van der Waals surface area contributed by atoms with Crippen molar-refractivity contribution in [2.24, 2.45) is 28.6 Å². The molecule has 1 aromatic rings. The predicted octanol–water partition coefficient (Wildman–Crippen LogP) is 3.21. The number of aliphatic hydroxyl groups excluding tert-OH is 2. The quantitative estimate of drug-likeness (QED) is 0.671. The first kappa shape index (κ1) is 19.8. The predicted molar refractivity (Wildman–Crippen MR) is 108 cm³/mol. The monoisotopic (exact) mass is 402 g/mol. The van der Waals surface area contributed by atoms with E-state index in [-0.39, 0.29) is 40.3 Å². The Kier molecular flexibility index (Phi) is 4.37. The van der Waals surface area contributed by atoms with Crippen LogP contribution in [0.25, 0.3) is 0 Å². The Balaban J connectivity index is 1.52. The first-order valence-corrected chi connectivity index (χ1v) is 11.4. The van der Waals surface area contributed by atoms with Crippen LogP contribution in [0.3, 0.4) is 0 Å². The average Bonchev–Trinajstić information content (AvgIpc) is 2.95. The molecular formula is C24H34O5. The molecule has 9 atom stereocenters. The van der Waals surface area contributed by atoms with E-state index in [2.05, 4.69) is 13.8 Å². The Morgan fingerprint density at radius 1 is 1.03 bits per heavy atom. The topological polar surface area (TPSA) is 90.9 Å². The van der Waals surface area contributed by atoms with Gasteiger partial charge in [0.25, 0.3) is 0 Å². The molecule has 0 saturated heterocycles. The fraction of sp³-hybridized carbons (Fsp3) is 0.792. The van der Waals surface area contributed by atoms with Crippen LogP contribution >= 0.6 is 0 Å². The van der Waals surface area contributed by atoms with Gasteiger partial charge in [0.05, 0.1) is 24.1 Å². The van der Waals surface area contributed by atoms with Crippen LogP contribution in [0.2, 0.25) is 0 Å². The van der Waals surface area contributed by atoms with Crippen LogP contribution in [0, 0.1) is 28.6 Å². The summed E-state index contributed by atoms with van der Waals surface area (Å²) >= 11 is 0. The highest BCUT2D eigenvalue weighted by Crippen LogP contribution is 2.70. The van der Waals surface area contributed by atoms with Crippen molar-refractivity contribution in [3.63, 3.8) is 0 Å². The third-order valence-corrected chi connectivity index (χ3v) is 9.95. The first-order chi connectivity index (χ1) is 13.7. The molecule has 1 aromatic heterocycles. The summed E-state index contributed by atoms with van der Waals surface area (Å²) in [6, 6.07) is 3.31. The average molecular weight is 403 g/mol. The second-order valence-corrected chi connectivity index (χ2v) is 10.9. The molecule has 160 valence electrons. The van der Waals surface area contributed by atoms with Gasteiger partial charge < -0.3 is 19.7 Å². The number of fused-ring (bicyclic) bond motifs is 5. The Morgan fingerprint density at radius 3 is 2.55 bits per heavy atom. The molecule has 4 saturated carbocycles. The largest absolute Gasteiger partial charge is 0.431 e. The van der Waals surface area contributed by atoms with Gasteiger partial charge in [0.2, 0.25) is 0 Å². The van der Waals surface area contributed by atoms with Crippen molar-refractivity contribution in [1.29, 1.82) is 0 Å². The highest BCUT2D eigenvalue weighted by atomic mass is 16.4. The van der Waals surface area contributed by atoms with Crippen LogP contribution in [0.1, 0.15) is 76.7 Å². The van der Waals surface area contributed by atoms with Crippen molar-refractivity contribution in [2.75, 3.05) is 0 Å². The highest BCUT2D eigenvalue weighted by Gasteiger charge is 2.69. The summed E-state index contributed by atoms with van der Waals surface area (Å²) in [5, 5.41) is 33.6. The lowest BCUT2D eigenvalue weighted by Crippen LogP contribution is -2.66. The molecule has 1 heterocycles. The van der Waals surface area contributed by atoms with Crippen molar-refractivity contribution in [2.45, 2.75) is 88.9 Å². The fourth-order valence-corrected chi connectivity index (χ4v) is 8.29. The van der Waals surface area contributed by atoms with Gasteiger partial charge in [-0.05, 0) is 86.2 Å². The summed E-state index contributed by atoms with van der Waals surface area (Å²) in [4.78, 5) is 11.4. The summed E-state index contributed by atoms with van der Waals surface area (Å²) in [7, 11) is 0. The van der Waals surface area contributed by atoms with Crippen molar-refractivity contribution in [3.8, 4) is 0 Å². The Bertz CT molecular complexity index is 829. The number of hydrogen-bond acceptors (Lipinski definition) is 5. The molecule has 1 unspecified atom stereocenters. The number of aliphatic hydroxyl groups is 3. The molecule has 4 aliphatic rings. The van der Waals surface area contributed by atoms with Crippen LogP contribution in [-0.4, -0.2) is 33.1 Å². The van der Waals surface area contributed by atoms with Crippen LogP contribution < -0.4 is 5.63 Å². The standard InChI is InChI=1S/C24H34O5/c1-22-8-5-16(25)11-15(22)12-19(26)21-18(22)6-9-23(2)17(7-10-24(21,23)28)14-3-4-20(27)29-13-14/h3-4,13,15-19,21,25-26,28H,5-12H2,1-2H3/t15-,16+,17+,18-,19-,21?,22-,23+,24-/m0/s1. The summed E-state index contributed by atoms with van der Waals surface area (Å²) in [6.07, 6.45) is 7.47. The van der Waals surface area contributed by atoms with Gasteiger partial charge in [0.15, 0.2) is 0 Å². The van der Waals surface area contributed by atoms with Gasteiger partial charge in [-0.15, -0.1) is 0 Å². The molecule has 0 aromatic carbocycles. The van der Waals surface area contributed by atoms with Gasteiger partial charge >= 0.3 is 5.63 Å². The minimum absolute atomic E-state index is 0.0812. The Hall–Kier alpha value is -1.17. The van der Waals surface area contributed by atoms with E-state index in [1.54, 1.807) is 6.26 Å². The van der Waals surface area contributed by atoms with E-state index in [4.69, 9.17) is 4.42 Å². The zero-order chi connectivity index (χ0) is 20.6. The molecule has 3 N–H and O–H groups in total. The van der Waals surface area contributed by atoms with Crippen LogP contribution in [0.4, 0.5) is 0 Å². The summed E-state index contributed by atoms with van der Waals surface area (Å²) in [6.45, 7) is 4.52. The molecule has 0 bridgehead atoms. The van der Waals surface area contributed by atoms with E-state index < -0.39 is 11.7 Å². The molecule has 29 heavy (non-hydrogen) atoms. The molecule has 0 amide bonds.